The molecule has 0 fully saturated rings. The van der Waals surface area contributed by atoms with E-state index in [9.17, 15) is 0 Å². The van der Waals surface area contributed by atoms with Gasteiger partial charge in [0.1, 0.15) is 0 Å². The van der Waals surface area contributed by atoms with Crippen LogP contribution in [0.1, 0.15) is 57.8 Å². The summed E-state index contributed by atoms with van der Waals surface area (Å²) in [4.78, 5) is 0. The van der Waals surface area contributed by atoms with E-state index in [2.05, 4.69) is 141 Å². The molecule has 0 atom stereocenters. The van der Waals surface area contributed by atoms with Crippen molar-refractivity contribution in [2.24, 2.45) is 0 Å². The predicted octanol–water partition coefficient (Wildman–Crippen LogP) is 9.33. The molecule has 0 amide bonds. The van der Waals surface area contributed by atoms with Crippen LogP contribution in [0.15, 0.2) is 103 Å². The van der Waals surface area contributed by atoms with E-state index in [1.807, 2.05) is 0 Å². The summed E-state index contributed by atoms with van der Waals surface area (Å²) in [5, 5.41) is 1.35. The SMILES string of the molecule is BrP(CC=CCCCCCCCCCCI)(c1ccccc1)(c1ccccc1)c1ccccc1. The molecule has 3 heteroatoms. The minimum atomic E-state index is -2.81. The molecule has 0 spiro atoms. The number of hydrogen-bond donors (Lipinski definition) is 0. The van der Waals surface area contributed by atoms with Gasteiger partial charge in [-0.1, -0.05) is 22.6 Å². The second-order valence-corrected chi connectivity index (χ2v) is 19.2. The first-order valence-electron chi connectivity index (χ1n) is 12.8. The van der Waals surface area contributed by atoms with Gasteiger partial charge in [0.15, 0.2) is 0 Å². The average molecular weight is 649 g/mol. The van der Waals surface area contributed by atoms with Crippen molar-refractivity contribution in [2.75, 3.05) is 10.6 Å². The van der Waals surface area contributed by atoms with E-state index in [1.165, 1.54) is 78.1 Å². The van der Waals surface area contributed by atoms with Crippen LogP contribution in [0, 0.1) is 0 Å². The van der Waals surface area contributed by atoms with Crippen molar-refractivity contribution in [3.05, 3.63) is 103 Å². The third kappa shape index (κ3) is 7.05. The Balaban J connectivity index is 1.72. The number of alkyl halides is 1. The minimum absolute atomic E-state index is 0.987. The van der Waals surface area contributed by atoms with Gasteiger partial charge in [-0.05, 0) is 4.43 Å². The van der Waals surface area contributed by atoms with Gasteiger partial charge in [-0.25, -0.2) is 0 Å². The second kappa shape index (κ2) is 14.6. The fourth-order valence-electron chi connectivity index (χ4n) is 4.79. The van der Waals surface area contributed by atoms with E-state index in [0.717, 1.165) is 6.16 Å². The second-order valence-electron chi connectivity index (χ2n) is 9.15. The summed E-state index contributed by atoms with van der Waals surface area (Å²) in [5.41, 5.74) is 0. The fourth-order valence-corrected chi connectivity index (χ4v) is 12.4. The zero-order valence-electron chi connectivity index (χ0n) is 20.3. The van der Waals surface area contributed by atoms with Gasteiger partial charge >= 0.3 is 204 Å². The van der Waals surface area contributed by atoms with Gasteiger partial charge in [0.25, 0.3) is 0 Å². The fraction of sp³-hybridized carbons (Fsp3) is 0.355. The van der Waals surface area contributed by atoms with E-state index in [1.54, 1.807) is 0 Å². The molecule has 34 heavy (non-hydrogen) atoms. The van der Waals surface area contributed by atoms with Gasteiger partial charge in [-0.2, -0.15) is 0 Å². The van der Waals surface area contributed by atoms with Crippen LogP contribution in [0.2, 0.25) is 0 Å². The van der Waals surface area contributed by atoms with Gasteiger partial charge in [-0.3, -0.25) is 0 Å². The number of halogens is 2. The number of benzene rings is 3. The van der Waals surface area contributed by atoms with Crippen LogP contribution in [0.3, 0.4) is 0 Å². The number of allylic oxidation sites excluding steroid dienone is 2. The van der Waals surface area contributed by atoms with Crippen molar-refractivity contribution in [2.45, 2.75) is 57.8 Å². The first kappa shape index (κ1) is 27.6. The standard InChI is InChI=1S/C31H39BrIP/c32-34(29-21-13-10-14-22-29,30-23-15-11-16-24-30,31-25-17-12-18-26-31)28-20-9-7-5-3-1-2-4-6-8-19-27-33/h9-18,20-26H,1-8,19,27-28H2. The van der Waals surface area contributed by atoms with Gasteiger partial charge < -0.3 is 0 Å². The Morgan fingerprint density at radius 3 is 1.32 bits per heavy atom. The van der Waals surface area contributed by atoms with Crippen LogP contribution >= 0.6 is 43.4 Å². The summed E-state index contributed by atoms with van der Waals surface area (Å²) in [6.07, 6.45) is 18.1. The van der Waals surface area contributed by atoms with Gasteiger partial charge in [0, 0.05) is 0 Å². The molecule has 0 radical (unpaired) electrons. The molecule has 3 aromatic carbocycles. The summed E-state index contributed by atoms with van der Waals surface area (Å²) in [7, 11) is 0. The molecular weight excluding hydrogens is 610 g/mol. The van der Waals surface area contributed by atoms with E-state index in [0.29, 0.717) is 0 Å². The average Bonchev–Trinajstić information content (AvgIpc) is 2.91. The van der Waals surface area contributed by atoms with Crippen molar-refractivity contribution >= 4 is 59.3 Å². The molecule has 0 aliphatic heterocycles. The summed E-state index contributed by atoms with van der Waals surface area (Å²) < 4.78 is 1.31. The molecule has 0 saturated carbocycles. The van der Waals surface area contributed by atoms with Crippen molar-refractivity contribution < 1.29 is 0 Å². The monoisotopic (exact) mass is 648 g/mol. The molecule has 0 bridgehead atoms. The van der Waals surface area contributed by atoms with E-state index in [-0.39, 0.29) is 0 Å². The van der Waals surface area contributed by atoms with Crippen molar-refractivity contribution in [1.82, 2.24) is 0 Å². The molecule has 0 unspecified atom stereocenters. The van der Waals surface area contributed by atoms with Crippen LogP contribution in [0.5, 0.6) is 0 Å². The summed E-state index contributed by atoms with van der Waals surface area (Å²) >= 11 is 7.01. The molecular formula is C31H39BrIP. The van der Waals surface area contributed by atoms with E-state index < -0.39 is 5.31 Å². The summed E-state index contributed by atoms with van der Waals surface area (Å²) in [6.45, 7) is 0. The molecule has 0 aliphatic carbocycles. The number of hydrogen-bond acceptors (Lipinski definition) is 0. The molecule has 0 aliphatic rings. The quantitative estimate of drug-likeness (QED) is 0.0506. The molecule has 182 valence electrons. The Kier molecular flexibility index (Phi) is 11.8. The molecule has 3 rings (SSSR count). The molecule has 0 nitrogen and oxygen atoms in total. The number of rotatable bonds is 15. The van der Waals surface area contributed by atoms with E-state index in [4.69, 9.17) is 0 Å². The van der Waals surface area contributed by atoms with E-state index >= 15 is 0 Å². The number of unbranched alkanes of at least 4 members (excludes halogenated alkanes) is 8. The Morgan fingerprint density at radius 2 is 0.912 bits per heavy atom. The first-order chi connectivity index (χ1) is 16.7. The summed E-state index contributed by atoms with van der Waals surface area (Å²) in [5.74, 6) is 0. The Labute approximate surface area is 229 Å². The third-order valence-corrected chi connectivity index (χ3v) is 17.1. The van der Waals surface area contributed by atoms with Gasteiger partial charge in [0.05, 0.1) is 0 Å². The maximum absolute atomic E-state index is 4.53. The van der Waals surface area contributed by atoms with Crippen molar-refractivity contribution in [3.8, 4) is 0 Å². The van der Waals surface area contributed by atoms with Gasteiger partial charge in [-0.15, -0.1) is 0 Å². The van der Waals surface area contributed by atoms with Gasteiger partial charge in [0.2, 0.25) is 0 Å². The Hall–Kier alpha value is -0.960. The van der Waals surface area contributed by atoms with Crippen LogP contribution in [0.4, 0.5) is 0 Å². The summed E-state index contributed by atoms with van der Waals surface area (Å²) in [6, 6.07) is 33.2. The molecule has 0 heterocycles. The molecule has 0 aromatic heterocycles. The van der Waals surface area contributed by atoms with Crippen molar-refractivity contribution in [3.63, 3.8) is 0 Å². The van der Waals surface area contributed by atoms with Crippen LogP contribution < -0.4 is 15.9 Å². The van der Waals surface area contributed by atoms with Crippen LogP contribution in [-0.4, -0.2) is 10.6 Å². The zero-order chi connectivity index (χ0) is 24.0. The predicted molar refractivity (Wildman–Crippen MR) is 169 cm³/mol. The Morgan fingerprint density at radius 1 is 0.529 bits per heavy atom. The maximum atomic E-state index is 4.53. The topological polar surface area (TPSA) is 0 Å². The van der Waals surface area contributed by atoms with Crippen LogP contribution in [-0.2, 0) is 0 Å². The normalized spacial score (nSPS) is 13.1. The molecule has 0 N–H and O–H groups in total. The van der Waals surface area contributed by atoms with Crippen molar-refractivity contribution in [1.29, 1.82) is 0 Å². The molecule has 0 saturated heterocycles. The molecule has 3 aromatic rings. The zero-order valence-corrected chi connectivity index (χ0v) is 24.9. The van der Waals surface area contributed by atoms with Crippen LogP contribution in [0.25, 0.3) is 0 Å². The first-order valence-corrected chi connectivity index (χ1v) is 18.8. The Bertz CT molecular complexity index is 873. The third-order valence-electron chi connectivity index (χ3n) is 6.75.